The summed E-state index contributed by atoms with van der Waals surface area (Å²) in [6, 6.07) is 5.13. The third-order valence-corrected chi connectivity index (χ3v) is 2.96. The van der Waals surface area contributed by atoms with Crippen LogP contribution in [0.2, 0.25) is 0 Å². The van der Waals surface area contributed by atoms with E-state index in [0.29, 0.717) is 5.69 Å². The fraction of sp³-hybridized carbons (Fsp3) is 0.600. The molecule has 1 aromatic rings. The molecule has 0 aliphatic heterocycles. The molecule has 0 aromatic heterocycles. The molecule has 0 fully saturated rings. The molecule has 0 amide bonds. The van der Waals surface area contributed by atoms with Gasteiger partial charge in [0, 0.05) is 25.7 Å². The highest BCUT2D eigenvalue weighted by Crippen LogP contribution is 2.30. The Morgan fingerprint density at radius 2 is 1.79 bits per heavy atom. The molecule has 0 heterocycles. The van der Waals surface area contributed by atoms with Gasteiger partial charge in [-0.25, -0.2) is 0 Å². The van der Waals surface area contributed by atoms with E-state index in [0.717, 1.165) is 5.56 Å². The molecule has 1 aromatic carbocycles. The fourth-order valence-electron chi connectivity index (χ4n) is 2.13. The van der Waals surface area contributed by atoms with Crippen molar-refractivity contribution in [3.8, 4) is 5.75 Å². The van der Waals surface area contributed by atoms with E-state index in [4.69, 9.17) is 0 Å². The number of anilines is 1. The molecule has 0 spiro atoms. The van der Waals surface area contributed by atoms with E-state index >= 15 is 0 Å². The Balaban J connectivity index is 2.94. The lowest BCUT2D eigenvalue weighted by Crippen LogP contribution is -2.44. The van der Waals surface area contributed by atoms with Crippen molar-refractivity contribution in [1.29, 1.82) is 0 Å². The zero-order chi connectivity index (χ0) is 14.8. The highest BCUT2D eigenvalue weighted by Gasteiger charge is 2.22. The van der Waals surface area contributed by atoms with Crippen molar-refractivity contribution in [2.75, 3.05) is 19.0 Å². The normalized spacial score (nSPS) is 15.1. The average Bonchev–Trinajstić information content (AvgIpc) is 2.26. The van der Waals surface area contributed by atoms with Crippen LogP contribution in [0.4, 0.5) is 5.69 Å². The number of aliphatic hydroxyl groups excluding tert-OH is 1. The van der Waals surface area contributed by atoms with E-state index in [9.17, 15) is 10.2 Å². The molecule has 0 bridgehead atoms. The Hall–Kier alpha value is -1.26. The van der Waals surface area contributed by atoms with Gasteiger partial charge in [0.05, 0.1) is 11.8 Å². The number of aliphatic hydroxyl groups is 1. The van der Waals surface area contributed by atoms with E-state index in [-0.39, 0.29) is 17.3 Å². The molecule has 2 unspecified atom stereocenters. The van der Waals surface area contributed by atoms with Crippen molar-refractivity contribution in [3.63, 3.8) is 0 Å². The molecule has 19 heavy (non-hydrogen) atoms. The molecule has 0 aliphatic rings. The number of nitrogens with zero attached hydrogens (tertiary/aromatic N) is 1. The van der Waals surface area contributed by atoms with Gasteiger partial charge in [0.15, 0.2) is 0 Å². The lowest BCUT2D eigenvalue weighted by Gasteiger charge is -2.30. The van der Waals surface area contributed by atoms with Gasteiger partial charge >= 0.3 is 0 Å². The van der Waals surface area contributed by atoms with Crippen molar-refractivity contribution >= 4 is 5.69 Å². The number of hydrogen-bond donors (Lipinski definition) is 3. The molecule has 0 radical (unpaired) electrons. The van der Waals surface area contributed by atoms with Crippen molar-refractivity contribution in [2.45, 2.75) is 45.4 Å². The quantitative estimate of drug-likeness (QED) is 0.782. The molecule has 4 nitrogen and oxygen atoms in total. The lowest BCUT2D eigenvalue weighted by molar-refractivity contribution is 0.121. The standard InChI is InChI=1S/C15H26N2O2/c1-10(16-15(2,3)4)14(19)11-7-8-13(18)12(9-11)17(5)6/h7-10,14,16,18-19H,1-6H3. The number of phenols is 1. The van der Waals surface area contributed by atoms with Crippen LogP contribution in [0, 0.1) is 0 Å². The van der Waals surface area contributed by atoms with E-state index in [1.165, 1.54) is 0 Å². The Labute approximate surface area is 116 Å². The van der Waals surface area contributed by atoms with Gasteiger partial charge in [0.25, 0.3) is 0 Å². The second-order valence-electron chi connectivity index (χ2n) is 6.27. The van der Waals surface area contributed by atoms with Gasteiger partial charge in [-0.3, -0.25) is 0 Å². The number of benzene rings is 1. The van der Waals surface area contributed by atoms with Crippen molar-refractivity contribution in [3.05, 3.63) is 23.8 Å². The lowest BCUT2D eigenvalue weighted by atomic mass is 9.99. The number of rotatable bonds is 4. The number of hydrogen-bond acceptors (Lipinski definition) is 4. The summed E-state index contributed by atoms with van der Waals surface area (Å²) in [5.41, 5.74) is 1.45. The topological polar surface area (TPSA) is 55.7 Å². The predicted molar refractivity (Wildman–Crippen MR) is 79.7 cm³/mol. The molecule has 1 rings (SSSR count). The van der Waals surface area contributed by atoms with Crippen molar-refractivity contribution < 1.29 is 10.2 Å². The maximum atomic E-state index is 10.4. The number of phenolic OH excluding ortho intramolecular Hbond substituents is 1. The summed E-state index contributed by atoms with van der Waals surface area (Å²) in [5.74, 6) is 0.220. The maximum Gasteiger partial charge on any atom is 0.138 e. The largest absolute Gasteiger partial charge is 0.506 e. The van der Waals surface area contributed by atoms with Crippen LogP contribution in [0.1, 0.15) is 39.4 Å². The average molecular weight is 266 g/mol. The smallest absolute Gasteiger partial charge is 0.138 e. The van der Waals surface area contributed by atoms with Crippen LogP contribution in [0.15, 0.2) is 18.2 Å². The zero-order valence-electron chi connectivity index (χ0n) is 12.7. The summed E-state index contributed by atoms with van der Waals surface area (Å²) in [6.45, 7) is 8.16. The molecule has 4 heteroatoms. The fourth-order valence-corrected chi connectivity index (χ4v) is 2.13. The summed E-state index contributed by atoms with van der Waals surface area (Å²) in [6.07, 6.45) is -0.612. The summed E-state index contributed by atoms with van der Waals surface area (Å²) >= 11 is 0. The predicted octanol–water partition coefficient (Wildman–Crippen LogP) is 2.27. The number of aromatic hydroxyl groups is 1. The van der Waals surface area contributed by atoms with Crippen LogP contribution in [0.3, 0.4) is 0 Å². The molecule has 0 aliphatic carbocycles. The molecule has 3 N–H and O–H groups in total. The van der Waals surface area contributed by atoms with Crippen molar-refractivity contribution in [1.82, 2.24) is 5.32 Å². The maximum absolute atomic E-state index is 10.4. The Morgan fingerprint density at radius 3 is 2.26 bits per heavy atom. The van der Waals surface area contributed by atoms with Crippen LogP contribution in [-0.2, 0) is 0 Å². The molecule has 0 saturated carbocycles. The van der Waals surface area contributed by atoms with E-state index in [1.54, 1.807) is 12.1 Å². The SMILES string of the molecule is CC(NC(C)(C)C)C(O)c1ccc(O)c(N(C)C)c1. The summed E-state index contributed by atoms with van der Waals surface area (Å²) in [4.78, 5) is 1.83. The van der Waals surface area contributed by atoms with E-state index in [2.05, 4.69) is 26.1 Å². The first-order chi connectivity index (χ1) is 8.61. The molecular weight excluding hydrogens is 240 g/mol. The van der Waals surface area contributed by atoms with Crippen LogP contribution in [-0.4, -0.2) is 35.9 Å². The van der Waals surface area contributed by atoms with Crippen LogP contribution < -0.4 is 10.2 Å². The Bertz CT molecular complexity index is 425. The Kier molecular flexibility index (Phi) is 4.82. The van der Waals surface area contributed by atoms with Gasteiger partial charge in [0.1, 0.15) is 5.75 Å². The third-order valence-electron chi connectivity index (χ3n) is 2.96. The summed E-state index contributed by atoms with van der Waals surface area (Å²) < 4.78 is 0. The van der Waals surface area contributed by atoms with Crippen LogP contribution >= 0.6 is 0 Å². The van der Waals surface area contributed by atoms with Gasteiger partial charge in [-0.1, -0.05) is 6.07 Å². The van der Waals surface area contributed by atoms with Crippen LogP contribution in [0.25, 0.3) is 0 Å². The minimum Gasteiger partial charge on any atom is -0.506 e. The second-order valence-corrected chi connectivity index (χ2v) is 6.27. The summed E-state index contributed by atoms with van der Waals surface area (Å²) in [7, 11) is 3.73. The monoisotopic (exact) mass is 266 g/mol. The number of nitrogens with one attached hydrogen (secondary N) is 1. The molecule has 2 atom stereocenters. The zero-order valence-corrected chi connectivity index (χ0v) is 12.7. The molecular formula is C15H26N2O2. The van der Waals surface area contributed by atoms with Gasteiger partial charge < -0.3 is 20.4 Å². The Morgan fingerprint density at radius 1 is 1.21 bits per heavy atom. The molecule has 108 valence electrons. The van der Waals surface area contributed by atoms with Gasteiger partial charge in [-0.05, 0) is 45.4 Å². The van der Waals surface area contributed by atoms with E-state index < -0.39 is 6.10 Å². The van der Waals surface area contributed by atoms with Crippen LogP contribution in [0.5, 0.6) is 5.75 Å². The third kappa shape index (κ3) is 4.40. The minimum absolute atomic E-state index is 0.0539. The summed E-state index contributed by atoms with van der Waals surface area (Å²) in [5, 5.41) is 23.5. The first-order valence-corrected chi connectivity index (χ1v) is 6.58. The van der Waals surface area contributed by atoms with Gasteiger partial charge in [-0.2, -0.15) is 0 Å². The first-order valence-electron chi connectivity index (χ1n) is 6.58. The highest BCUT2D eigenvalue weighted by atomic mass is 16.3. The van der Waals surface area contributed by atoms with Crippen molar-refractivity contribution in [2.24, 2.45) is 0 Å². The van der Waals surface area contributed by atoms with E-state index in [1.807, 2.05) is 32.0 Å². The van der Waals surface area contributed by atoms with Gasteiger partial charge in [-0.15, -0.1) is 0 Å². The second kappa shape index (κ2) is 5.80. The molecule has 0 saturated heterocycles. The minimum atomic E-state index is -0.612. The van der Waals surface area contributed by atoms with Gasteiger partial charge in [0.2, 0.25) is 0 Å². The highest BCUT2D eigenvalue weighted by molar-refractivity contribution is 5.58. The first kappa shape index (κ1) is 15.8.